The SMILES string of the molecule is CC(=O)Oc1ccc(C(=O)Nc2nc3ccc(C(=O)N4CCN(C)CC4)cc3s2)cc1. The molecule has 4 rings (SSSR count). The predicted molar refractivity (Wildman–Crippen MR) is 119 cm³/mol. The third-order valence-electron chi connectivity index (χ3n) is 5.02. The Morgan fingerprint density at radius 2 is 1.68 bits per heavy atom. The summed E-state index contributed by atoms with van der Waals surface area (Å²) in [6.45, 7) is 4.48. The average molecular weight is 439 g/mol. The first-order valence-electron chi connectivity index (χ1n) is 9.87. The number of piperazine rings is 1. The second-order valence-electron chi connectivity index (χ2n) is 7.37. The number of fused-ring (bicyclic) bond motifs is 1. The number of hydrogen-bond acceptors (Lipinski definition) is 7. The number of anilines is 1. The molecular weight excluding hydrogens is 416 g/mol. The molecule has 1 aliphatic rings. The molecule has 1 aromatic heterocycles. The standard InChI is InChI=1S/C22H22N4O4S/c1-14(27)30-17-6-3-15(4-7-17)20(28)24-22-23-18-8-5-16(13-19(18)31-22)21(29)26-11-9-25(2)10-12-26/h3-8,13H,9-12H2,1-2H3,(H,23,24,28). The number of thiazole rings is 1. The summed E-state index contributed by atoms with van der Waals surface area (Å²) in [4.78, 5) is 44.8. The maximum Gasteiger partial charge on any atom is 0.308 e. The Bertz CT molecular complexity index is 1130. The summed E-state index contributed by atoms with van der Waals surface area (Å²) < 4.78 is 5.81. The van der Waals surface area contributed by atoms with Crippen LogP contribution in [0.2, 0.25) is 0 Å². The van der Waals surface area contributed by atoms with Crippen molar-refractivity contribution in [2.75, 3.05) is 38.5 Å². The van der Waals surface area contributed by atoms with Crippen LogP contribution >= 0.6 is 11.3 Å². The van der Waals surface area contributed by atoms with Gasteiger partial charge in [-0.1, -0.05) is 11.3 Å². The smallest absolute Gasteiger partial charge is 0.308 e. The average Bonchev–Trinajstić information content (AvgIpc) is 3.15. The number of amides is 2. The van der Waals surface area contributed by atoms with Crippen LogP contribution in [0.4, 0.5) is 5.13 Å². The second kappa shape index (κ2) is 8.83. The van der Waals surface area contributed by atoms with Gasteiger partial charge in [0.05, 0.1) is 10.2 Å². The van der Waals surface area contributed by atoms with Gasteiger partial charge in [0.1, 0.15) is 5.75 Å². The van der Waals surface area contributed by atoms with Crippen molar-refractivity contribution >= 4 is 44.5 Å². The van der Waals surface area contributed by atoms with Crippen molar-refractivity contribution < 1.29 is 19.1 Å². The van der Waals surface area contributed by atoms with Crippen LogP contribution in [-0.4, -0.2) is 65.8 Å². The van der Waals surface area contributed by atoms with E-state index in [1.165, 1.54) is 18.3 Å². The van der Waals surface area contributed by atoms with Crippen molar-refractivity contribution in [1.29, 1.82) is 0 Å². The summed E-state index contributed by atoms with van der Waals surface area (Å²) in [5, 5.41) is 3.24. The van der Waals surface area contributed by atoms with E-state index in [1.54, 1.807) is 36.4 Å². The molecule has 1 fully saturated rings. The number of nitrogens with one attached hydrogen (secondary N) is 1. The minimum absolute atomic E-state index is 0.0156. The monoisotopic (exact) mass is 438 g/mol. The minimum Gasteiger partial charge on any atom is -0.427 e. The number of ether oxygens (including phenoxy) is 1. The second-order valence-corrected chi connectivity index (χ2v) is 8.40. The molecule has 1 aliphatic heterocycles. The van der Waals surface area contributed by atoms with E-state index in [0.29, 0.717) is 35.1 Å². The first-order chi connectivity index (χ1) is 14.9. The fraction of sp³-hybridized carbons (Fsp3) is 0.273. The molecule has 8 nitrogen and oxygen atoms in total. The van der Waals surface area contributed by atoms with Crippen molar-refractivity contribution in [2.45, 2.75) is 6.92 Å². The van der Waals surface area contributed by atoms with Crippen LogP contribution in [0.3, 0.4) is 0 Å². The van der Waals surface area contributed by atoms with Gasteiger partial charge in [-0.15, -0.1) is 0 Å². The van der Waals surface area contributed by atoms with E-state index in [0.717, 1.165) is 23.3 Å². The van der Waals surface area contributed by atoms with Gasteiger partial charge in [0.2, 0.25) is 0 Å². The molecule has 1 N–H and O–H groups in total. The highest BCUT2D eigenvalue weighted by molar-refractivity contribution is 7.22. The van der Waals surface area contributed by atoms with Crippen LogP contribution in [0.25, 0.3) is 10.2 Å². The van der Waals surface area contributed by atoms with E-state index < -0.39 is 5.97 Å². The van der Waals surface area contributed by atoms with Gasteiger partial charge >= 0.3 is 5.97 Å². The predicted octanol–water partition coefficient (Wildman–Crippen LogP) is 2.86. The molecule has 0 spiro atoms. The number of aromatic nitrogens is 1. The molecule has 0 atom stereocenters. The number of carbonyl (C=O) groups excluding carboxylic acids is 3. The Morgan fingerprint density at radius 1 is 1.00 bits per heavy atom. The summed E-state index contributed by atoms with van der Waals surface area (Å²) >= 11 is 1.32. The maximum absolute atomic E-state index is 12.8. The van der Waals surface area contributed by atoms with Crippen molar-refractivity contribution in [1.82, 2.24) is 14.8 Å². The van der Waals surface area contributed by atoms with Crippen LogP contribution in [0.1, 0.15) is 27.6 Å². The van der Waals surface area contributed by atoms with E-state index in [4.69, 9.17) is 4.74 Å². The Hall–Kier alpha value is -3.30. The summed E-state index contributed by atoms with van der Waals surface area (Å²) in [7, 11) is 2.05. The normalized spacial score (nSPS) is 14.5. The van der Waals surface area contributed by atoms with E-state index in [-0.39, 0.29) is 11.8 Å². The summed E-state index contributed by atoms with van der Waals surface area (Å²) in [6, 6.07) is 11.7. The fourth-order valence-corrected chi connectivity index (χ4v) is 4.21. The van der Waals surface area contributed by atoms with Gasteiger partial charge in [0, 0.05) is 44.2 Å². The lowest BCUT2D eigenvalue weighted by Crippen LogP contribution is -2.47. The molecule has 2 heterocycles. The zero-order valence-corrected chi connectivity index (χ0v) is 18.1. The number of rotatable bonds is 4. The highest BCUT2D eigenvalue weighted by Gasteiger charge is 2.21. The lowest BCUT2D eigenvalue weighted by Gasteiger charge is -2.32. The molecular formula is C22H22N4O4S. The lowest BCUT2D eigenvalue weighted by atomic mass is 10.1. The van der Waals surface area contributed by atoms with Gasteiger partial charge in [0.15, 0.2) is 5.13 Å². The molecule has 31 heavy (non-hydrogen) atoms. The largest absolute Gasteiger partial charge is 0.427 e. The molecule has 0 radical (unpaired) electrons. The van der Waals surface area contributed by atoms with Crippen LogP contribution in [-0.2, 0) is 4.79 Å². The molecule has 2 amide bonds. The Labute approximate surface area is 183 Å². The number of nitrogens with zero attached hydrogens (tertiary/aromatic N) is 3. The molecule has 9 heteroatoms. The first-order valence-corrected chi connectivity index (χ1v) is 10.7. The molecule has 0 bridgehead atoms. The van der Waals surface area contributed by atoms with Gasteiger partial charge in [-0.2, -0.15) is 0 Å². The van der Waals surface area contributed by atoms with E-state index in [2.05, 4.69) is 22.2 Å². The number of esters is 1. The summed E-state index contributed by atoms with van der Waals surface area (Å²) in [5.74, 6) is -0.345. The number of benzene rings is 2. The van der Waals surface area contributed by atoms with E-state index >= 15 is 0 Å². The van der Waals surface area contributed by atoms with Crippen LogP contribution in [0, 0.1) is 0 Å². The molecule has 2 aromatic carbocycles. The Morgan fingerprint density at radius 3 is 2.35 bits per heavy atom. The summed E-state index contributed by atoms with van der Waals surface area (Å²) in [5.41, 5.74) is 1.76. The Balaban J connectivity index is 1.46. The van der Waals surface area contributed by atoms with Crippen molar-refractivity contribution in [3.8, 4) is 5.75 Å². The molecule has 3 aromatic rings. The van der Waals surface area contributed by atoms with E-state index in [9.17, 15) is 14.4 Å². The minimum atomic E-state index is -0.419. The van der Waals surface area contributed by atoms with Gasteiger partial charge in [-0.25, -0.2) is 4.98 Å². The third-order valence-corrected chi connectivity index (χ3v) is 5.96. The van der Waals surface area contributed by atoms with Gasteiger partial charge < -0.3 is 14.5 Å². The zero-order chi connectivity index (χ0) is 22.0. The zero-order valence-electron chi connectivity index (χ0n) is 17.3. The molecule has 0 aliphatic carbocycles. The topological polar surface area (TPSA) is 91.8 Å². The Kier molecular flexibility index (Phi) is 5.97. The molecule has 1 saturated heterocycles. The van der Waals surface area contributed by atoms with Crippen molar-refractivity contribution in [3.63, 3.8) is 0 Å². The first kappa shape index (κ1) is 21.0. The summed E-state index contributed by atoms with van der Waals surface area (Å²) in [6.07, 6.45) is 0. The third kappa shape index (κ3) is 4.89. The molecule has 0 unspecified atom stereocenters. The number of hydrogen-bond donors (Lipinski definition) is 1. The van der Waals surface area contributed by atoms with Crippen LogP contribution in [0.15, 0.2) is 42.5 Å². The highest BCUT2D eigenvalue weighted by atomic mass is 32.1. The van der Waals surface area contributed by atoms with Crippen LogP contribution < -0.4 is 10.1 Å². The van der Waals surface area contributed by atoms with E-state index in [1.807, 2.05) is 11.0 Å². The highest BCUT2D eigenvalue weighted by Crippen LogP contribution is 2.28. The van der Waals surface area contributed by atoms with Crippen molar-refractivity contribution in [3.05, 3.63) is 53.6 Å². The quantitative estimate of drug-likeness (QED) is 0.498. The lowest BCUT2D eigenvalue weighted by molar-refractivity contribution is -0.131. The molecule has 160 valence electrons. The number of likely N-dealkylation sites (N-methyl/N-ethyl adjacent to an activating group) is 1. The maximum atomic E-state index is 12.8. The van der Waals surface area contributed by atoms with Crippen molar-refractivity contribution in [2.24, 2.45) is 0 Å². The van der Waals surface area contributed by atoms with Crippen LogP contribution in [0.5, 0.6) is 5.75 Å². The molecule has 0 saturated carbocycles. The van der Waals surface area contributed by atoms with Gasteiger partial charge in [-0.05, 0) is 49.5 Å². The van der Waals surface area contributed by atoms with Gasteiger partial charge in [0.25, 0.3) is 11.8 Å². The fourth-order valence-electron chi connectivity index (χ4n) is 3.31. The number of carbonyl (C=O) groups is 3. The van der Waals surface area contributed by atoms with Gasteiger partial charge in [-0.3, -0.25) is 19.7 Å².